The predicted molar refractivity (Wildman–Crippen MR) is 125 cm³/mol. The molecule has 2 amide bonds. The summed E-state index contributed by atoms with van der Waals surface area (Å²) in [5.74, 6) is -3.50. The number of hydrogen-bond donors (Lipinski definition) is 5. The number of ketones is 1. The number of benzene rings is 1. The van der Waals surface area contributed by atoms with Crippen molar-refractivity contribution in [1.29, 1.82) is 0 Å². The number of thioether (sulfide) groups is 1. The Morgan fingerprint density at radius 3 is 2.45 bits per heavy atom. The largest absolute Gasteiger partial charge is 0.480 e. The molecule has 0 unspecified atom stereocenters. The van der Waals surface area contributed by atoms with Gasteiger partial charge in [-0.15, -0.1) is 0 Å². The lowest BCUT2D eigenvalue weighted by molar-refractivity contribution is -0.139. The van der Waals surface area contributed by atoms with Crippen molar-refractivity contribution in [3.8, 4) is 0 Å². The van der Waals surface area contributed by atoms with Crippen molar-refractivity contribution in [2.75, 3.05) is 18.1 Å². The van der Waals surface area contributed by atoms with Crippen LogP contribution in [0, 0.1) is 0 Å². The van der Waals surface area contributed by atoms with E-state index in [1.54, 1.807) is 30.3 Å². The fourth-order valence-electron chi connectivity index (χ4n) is 2.40. The van der Waals surface area contributed by atoms with E-state index in [1.165, 1.54) is 17.8 Å². The number of hydrogen-bond acceptors (Lipinski definition) is 7. The predicted octanol–water partition coefficient (Wildman–Crippen LogP) is 0.923. The van der Waals surface area contributed by atoms with Crippen LogP contribution >= 0.6 is 23.4 Å². The standard InChI is InChI=1S/C21H26ClN3O7S/c22-15-4-2-1-3-13(15)5-6-14(26)9-10-33-12-17(20(30)24-11-19(28)29)25-18(27)8-7-16(23)21(31)32/h1-6,16-17H,7-12,23H2,(H,24,30)(H,25,27)(H,28,29)(H,31,32)/b6-5+/t16-,17-/m0/s1. The van der Waals surface area contributed by atoms with Crippen LogP contribution in [0.1, 0.15) is 24.8 Å². The molecule has 0 aliphatic carbocycles. The van der Waals surface area contributed by atoms with E-state index in [9.17, 15) is 24.0 Å². The summed E-state index contributed by atoms with van der Waals surface area (Å²) in [6, 6.07) is 4.78. The van der Waals surface area contributed by atoms with Gasteiger partial charge in [-0.3, -0.25) is 24.0 Å². The normalized spacial score (nSPS) is 12.7. The fourth-order valence-corrected chi connectivity index (χ4v) is 3.58. The number of aliphatic carboxylic acids is 2. The molecule has 0 radical (unpaired) electrons. The molecule has 0 spiro atoms. The van der Waals surface area contributed by atoms with Gasteiger partial charge in [-0.2, -0.15) is 11.8 Å². The third-order valence-corrected chi connectivity index (χ3v) is 5.60. The summed E-state index contributed by atoms with van der Waals surface area (Å²) in [7, 11) is 0. The van der Waals surface area contributed by atoms with Crippen molar-refractivity contribution < 1.29 is 34.2 Å². The Morgan fingerprint density at radius 1 is 1.12 bits per heavy atom. The molecule has 0 aromatic heterocycles. The van der Waals surface area contributed by atoms with Crippen molar-refractivity contribution in [2.45, 2.75) is 31.3 Å². The van der Waals surface area contributed by atoms with Crippen LogP contribution in [0.15, 0.2) is 30.3 Å². The van der Waals surface area contributed by atoms with Crippen LogP contribution in [-0.2, 0) is 24.0 Å². The van der Waals surface area contributed by atoms with Gasteiger partial charge in [0.25, 0.3) is 0 Å². The van der Waals surface area contributed by atoms with Crippen molar-refractivity contribution in [2.24, 2.45) is 5.73 Å². The Labute approximate surface area is 199 Å². The van der Waals surface area contributed by atoms with Gasteiger partial charge in [0.05, 0.1) is 0 Å². The fraction of sp³-hybridized carbons (Fsp3) is 0.381. The summed E-state index contributed by atoms with van der Waals surface area (Å²) in [4.78, 5) is 57.8. The van der Waals surface area contributed by atoms with Gasteiger partial charge in [-0.25, -0.2) is 0 Å². The van der Waals surface area contributed by atoms with E-state index < -0.39 is 42.4 Å². The van der Waals surface area contributed by atoms with E-state index in [0.717, 1.165) is 0 Å². The zero-order valence-corrected chi connectivity index (χ0v) is 19.2. The molecule has 1 aromatic rings. The van der Waals surface area contributed by atoms with Gasteiger partial charge >= 0.3 is 11.9 Å². The van der Waals surface area contributed by atoms with E-state index >= 15 is 0 Å². The first-order chi connectivity index (χ1) is 15.6. The van der Waals surface area contributed by atoms with E-state index in [1.807, 2.05) is 0 Å². The highest BCUT2D eigenvalue weighted by Gasteiger charge is 2.22. The second-order valence-corrected chi connectivity index (χ2v) is 8.42. The molecule has 2 atom stereocenters. The van der Waals surface area contributed by atoms with Gasteiger partial charge < -0.3 is 26.6 Å². The Hall–Kier alpha value is -2.89. The van der Waals surface area contributed by atoms with Crippen molar-refractivity contribution in [3.63, 3.8) is 0 Å². The molecule has 0 heterocycles. The SMILES string of the molecule is N[C@@H](CCC(=O)N[C@@H](CSCCC(=O)/C=C/c1ccccc1Cl)C(=O)NCC(=O)O)C(=O)O. The van der Waals surface area contributed by atoms with Gasteiger partial charge in [0.2, 0.25) is 11.8 Å². The lowest BCUT2D eigenvalue weighted by Crippen LogP contribution is -2.49. The van der Waals surface area contributed by atoms with E-state index in [-0.39, 0.29) is 30.8 Å². The molecule has 1 aromatic carbocycles. The van der Waals surface area contributed by atoms with Gasteiger partial charge in [-0.1, -0.05) is 29.8 Å². The van der Waals surface area contributed by atoms with Crippen LogP contribution in [0.25, 0.3) is 6.08 Å². The first-order valence-electron chi connectivity index (χ1n) is 9.90. The Balaban J connectivity index is 2.55. The first kappa shape index (κ1) is 28.1. The average molecular weight is 500 g/mol. The molecule has 0 bridgehead atoms. The second-order valence-electron chi connectivity index (χ2n) is 6.86. The lowest BCUT2D eigenvalue weighted by atomic mass is 10.1. The average Bonchev–Trinajstić information content (AvgIpc) is 2.77. The van der Waals surface area contributed by atoms with Crippen molar-refractivity contribution in [1.82, 2.24) is 10.6 Å². The van der Waals surface area contributed by atoms with Gasteiger partial charge in [0, 0.05) is 29.4 Å². The second kappa shape index (κ2) is 15.0. The third kappa shape index (κ3) is 12.1. The van der Waals surface area contributed by atoms with E-state index in [2.05, 4.69) is 10.6 Å². The smallest absolute Gasteiger partial charge is 0.322 e. The lowest BCUT2D eigenvalue weighted by Gasteiger charge is -2.18. The zero-order chi connectivity index (χ0) is 24.8. The molecule has 0 saturated carbocycles. The highest BCUT2D eigenvalue weighted by Crippen LogP contribution is 2.16. The molecule has 33 heavy (non-hydrogen) atoms. The zero-order valence-electron chi connectivity index (χ0n) is 17.7. The number of carbonyl (C=O) groups excluding carboxylic acids is 3. The van der Waals surface area contributed by atoms with Crippen LogP contribution in [0.5, 0.6) is 0 Å². The molecule has 0 aliphatic heterocycles. The van der Waals surface area contributed by atoms with E-state index in [0.29, 0.717) is 16.3 Å². The van der Waals surface area contributed by atoms with Gasteiger partial charge in [0.15, 0.2) is 5.78 Å². The van der Waals surface area contributed by atoms with Gasteiger partial charge in [0.1, 0.15) is 18.6 Å². The highest BCUT2D eigenvalue weighted by molar-refractivity contribution is 7.99. The van der Waals surface area contributed by atoms with E-state index in [4.69, 9.17) is 27.5 Å². The molecule has 6 N–H and O–H groups in total. The Bertz CT molecular complexity index is 894. The molecule has 0 saturated heterocycles. The van der Waals surface area contributed by atoms with Crippen LogP contribution in [0.4, 0.5) is 0 Å². The topological polar surface area (TPSA) is 176 Å². The summed E-state index contributed by atoms with van der Waals surface area (Å²) in [5, 5.41) is 22.6. The van der Waals surface area contributed by atoms with Gasteiger partial charge in [-0.05, 0) is 30.2 Å². The summed E-state index contributed by atoms with van der Waals surface area (Å²) < 4.78 is 0. The van der Waals surface area contributed by atoms with Crippen LogP contribution in [-0.4, -0.2) is 69.9 Å². The number of rotatable bonds is 15. The minimum Gasteiger partial charge on any atom is -0.480 e. The summed E-state index contributed by atoms with van der Waals surface area (Å²) >= 11 is 7.25. The van der Waals surface area contributed by atoms with Crippen LogP contribution in [0.3, 0.4) is 0 Å². The van der Waals surface area contributed by atoms with Crippen molar-refractivity contribution >= 4 is 59.0 Å². The maximum Gasteiger partial charge on any atom is 0.322 e. The number of halogens is 1. The van der Waals surface area contributed by atoms with Crippen LogP contribution in [0.2, 0.25) is 5.02 Å². The first-order valence-corrected chi connectivity index (χ1v) is 11.4. The Kier molecular flexibility index (Phi) is 12.8. The minimum atomic E-state index is -1.25. The van der Waals surface area contributed by atoms with Crippen LogP contribution < -0.4 is 16.4 Å². The molecule has 12 heteroatoms. The molecule has 10 nitrogen and oxygen atoms in total. The number of nitrogens with one attached hydrogen (secondary N) is 2. The monoisotopic (exact) mass is 499 g/mol. The number of carboxylic acids is 2. The summed E-state index contributed by atoms with van der Waals surface area (Å²) in [5.41, 5.74) is 6.07. The maximum absolute atomic E-state index is 12.2. The minimum absolute atomic E-state index is 0.0870. The Morgan fingerprint density at radius 2 is 1.82 bits per heavy atom. The molecular formula is C21H26ClN3O7S. The molecular weight excluding hydrogens is 474 g/mol. The highest BCUT2D eigenvalue weighted by atomic mass is 35.5. The molecule has 0 aliphatic rings. The number of carbonyl (C=O) groups is 5. The van der Waals surface area contributed by atoms with Crippen molar-refractivity contribution in [3.05, 3.63) is 40.9 Å². The number of carboxylic acid groups (broad SMARTS) is 2. The number of amides is 2. The third-order valence-electron chi connectivity index (χ3n) is 4.20. The number of nitrogens with two attached hydrogens (primary N) is 1. The summed E-state index contributed by atoms with van der Waals surface area (Å²) in [6.45, 7) is -0.620. The molecule has 180 valence electrons. The maximum atomic E-state index is 12.2. The summed E-state index contributed by atoms with van der Waals surface area (Å²) in [6.07, 6.45) is 2.86. The molecule has 1 rings (SSSR count). The molecule has 0 fully saturated rings. The quantitative estimate of drug-likeness (QED) is 0.173. The number of allylic oxidation sites excluding steroid dienone is 1.